The summed E-state index contributed by atoms with van der Waals surface area (Å²) < 4.78 is 6.82. The molecular formula is C15H15NO2. The van der Waals surface area contributed by atoms with Gasteiger partial charge in [0.05, 0.1) is 5.52 Å². The van der Waals surface area contributed by atoms with E-state index < -0.39 is 5.60 Å². The molecule has 92 valence electrons. The lowest BCUT2D eigenvalue weighted by Crippen LogP contribution is -2.26. The lowest BCUT2D eigenvalue weighted by atomic mass is 10.2. The van der Waals surface area contributed by atoms with Gasteiger partial charge in [0.2, 0.25) is 0 Å². The summed E-state index contributed by atoms with van der Waals surface area (Å²) >= 11 is 0. The van der Waals surface area contributed by atoms with E-state index in [0.29, 0.717) is 0 Å². The van der Waals surface area contributed by atoms with Crippen LogP contribution in [-0.4, -0.2) is 16.3 Å². The number of fused-ring (bicyclic) bond motifs is 1. The molecular weight excluding hydrogens is 226 g/mol. The van der Waals surface area contributed by atoms with Gasteiger partial charge in [-0.1, -0.05) is 5.92 Å². The SMILES string of the molecule is C#Cc1ccc2c(ccn2C(=O)OC(C)(C)C)c1. The smallest absolute Gasteiger partial charge is 0.418 e. The molecule has 0 spiro atoms. The number of carbonyl (C=O) groups excluding carboxylic acids is 1. The fourth-order valence-corrected chi connectivity index (χ4v) is 1.70. The molecule has 0 N–H and O–H groups in total. The van der Waals surface area contributed by atoms with Crippen molar-refractivity contribution in [2.45, 2.75) is 26.4 Å². The number of ether oxygens (including phenoxy) is 1. The van der Waals surface area contributed by atoms with Crippen LogP contribution in [-0.2, 0) is 4.74 Å². The minimum absolute atomic E-state index is 0.383. The van der Waals surface area contributed by atoms with E-state index in [-0.39, 0.29) is 6.09 Å². The Bertz CT molecular complexity index is 639. The van der Waals surface area contributed by atoms with Crippen LogP contribution in [0.15, 0.2) is 30.5 Å². The van der Waals surface area contributed by atoms with Gasteiger partial charge in [-0.15, -0.1) is 6.42 Å². The Balaban J connectivity index is 2.42. The molecule has 1 aromatic carbocycles. The van der Waals surface area contributed by atoms with Crippen molar-refractivity contribution in [3.8, 4) is 12.3 Å². The van der Waals surface area contributed by atoms with Crippen LogP contribution >= 0.6 is 0 Å². The Kier molecular flexibility index (Phi) is 2.88. The molecule has 0 saturated heterocycles. The molecule has 18 heavy (non-hydrogen) atoms. The monoisotopic (exact) mass is 241 g/mol. The number of hydrogen-bond donors (Lipinski definition) is 0. The number of benzene rings is 1. The van der Waals surface area contributed by atoms with Gasteiger partial charge in [0.15, 0.2) is 0 Å². The predicted octanol–water partition coefficient (Wildman–Crippen LogP) is 3.41. The first kappa shape index (κ1) is 12.3. The van der Waals surface area contributed by atoms with Gasteiger partial charge >= 0.3 is 6.09 Å². The zero-order valence-corrected chi connectivity index (χ0v) is 10.7. The lowest BCUT2D eigenvalue weighted by molar-refractivity contribution is 0.0544. The van der Waals surface area contributed by atoms with Gasteiger partial charge in [-0.25, -0.2) is 4.79 Å². The van der Waals surface area contributed by atoms with Gasteiger partial charge in [-0.05, 0) is 45.0 Å². The van der Waals surface area contributed by atoms with E-state index in [2.05, 4.69) is 5.92 Å². The number of terminal acetylenes is 1. The summed E-state index contributed by atoms with van der Waals surface area (Å²) in [5, 5.41) is 0.927. The Labute approximate surface area is 106 Å². The molecule has 0 atom stereocenters. The molecule has 3 heteroatoms. The molecule has 1 aromatic heterocycles. The van der Waals surface area contributed by atoms with Gasteiger partial charge in [-0.2, -0.15) is 0 Å². The van der Waals surface area contributed by atoms with Crippen molar-refractivity contribution in [3.05, 3.63) is 36.0 Å². The minimum Gasteiger partial charge on any atom is -0.443 e. The maximum atomic E-state index is 12.0. The quantitative estimate of drug-likeness (QED) is 0.662. The molecule has 2 rings (SSSR count). The number of carbonyl (C=O) groups is 1. The highest BCUT2D eigenvalue weighted by Gasteiger charge is 2.18. The van der Waals surface area contributed by atoms with E-state index in [1.54, 1.807) is 6.20 Å². The Hall–Kier alpha value is -2.21. The summed E-state index contributed by atoms with van der Waals surface area (Å²) in [6.07, 6.45) is 6.65. The van der Waals surface area contributed by atoms with Crippen molar-refractivity contribution in [1.29, 1.82) is 0 Å². The van der Waals surface area contributed by atoms with E-state index >= 15 is 0 Å². The number of hydrogen-bond acceptors (Lipinski definition) is 2. The predicted molar refractivity (Wildman–Crippen MR) is 71.5 cm³/mol. The lowest BCUT2D eigenvalue weighted by Gasteiger charge is -2.19. The van der Waals surface area contributed by atoms with E-state index in [9.17, 15) is 4.79 Å². The van der Waals surface area contributed by atoms with E-state index in [0.717, 1.165) is 16.5 Å². The molecule has 0 amide bonds. The normalized spacial score (nSPS) is 11.2. The van der Waals surface area contributed by atoms with Crippen molar-refractivity contribution in [3.63, 3.8) is 0 Å². The summed E-state index contributed by atoms with van der Waals surface area (Å²) in [7, 11) is 0. The molecule has 3 nitrogen and oxygen atoms in total. The fraction of sp³-hybridized carbons (Fsp3) is 0.267. The van der Waals surface area contributed by atoms with Gasteiger partial charge in [0, 0.05) is 17.1 Å². The molecule has 0 aliphatic rings. The molecule has 0 fully saturated rings. The Morgan fingerprint density at radius 1 is 1.33 bits per heavy atom. The van der Waals surface area contributed by atoms with Gasteiger partial charge in [0.1, 0.15) is 5.60 Å². The van der Waals surface area contributed by atoms with Crippen LogP contribution in [0.25, 0.3) is 10.9 Å². The maximum Gasteiger partial charge on any atom is 0.418 e. The molecule has 0 aliphatic carbocycles. The first-order valence-electron chi connectivity index (χ1n) is 5.72. The summed E-state index contributed by atoms with van der Waals surface area (Å²) in [5.41, 5.74) is 1.08. The topological polar surface area (TPSA) is 31.2 Å². The Morgan fingerprint density at radius 2 is 2.06 bits per heavy atom. The molecule has 0 radical (unpaired) electrons. The fourth-order valence-electron chi connectivity index (χ4n) is 1.70. The number of aromatic nitrogens is 1. The second-order valence-electron chi connectivity index (χ2n) is 5.08. The molecule has 2 aromatic rings. The molecule has 0 aliphatic heterocycles. The summed E-state index contributed by atoms with van der Waals surface area (Å²) in [4.78, 5) is 12.0. The van der Waals surface area contributed by atoms with E-state index in [4.69, 9.17) is 11.2 Å². The Morgan fingerprint density at radius 3 is 2.67 bits per heavy atom. The third kappa shape index (κ3) is 2.38. The van der Waals surface area contributed by atoms with Gasteiger partial charge in [0.25, 0.3) is 0 Å². The summed E-state index contributed by atoms with van der Waals surface area (Å²) in [5.74, 6) is 2.57. The van der Waals surface area contributed by atoms with Crippen LogP contribution < -0.4 is 0 Å². The zero-order chi connectivity index (χ0) is 13.3. The molecule has 0 unspecified atom stereocenters. The highest BCUT2D eigenvalue weighted by atomic mass is 16.6. The van der Waals surface area contributed by atoms with Crippen LogP contribution in [0.4, 0.5) is 4.79 Å². The first-order chi connectivity index (χ1) is 8.40. The number of rotatable bonds is 0. The minimum atomic E-state index is -0.508. The van der Waals surface area contributed by atoms with Crippen molar-refractivity contribution >= 4 is 17.0 Å². The zero-order valence-electron chi connectivity index (χ0n) is 10.7. The third-order valence-corrected chi connectivity index (χ3v) is 2.45. The highest BCUT2D eigenvalue weighted by Crippen LogP contribution is 2.19. The highest BCUT2D eigenvalue weighted by molar-refractivity contribution is 5.90. The van der Waals surface area contributed by atoms with Crippen LogP contribution in [0.3, 0.4) is 0 Å². The standard InChI is InChI=1S/C15H15NO2/c1-5-11-6-7-13-12(10-11)8-9-16(13)14(17)18-15(2,3)4/h1,6-10H,2-4H3. The molecule has 0 saturated carbocycles. The second kappa shape index (κ2) is 4.23. The molecule has 0 bridgehead atoms. The number of nitrogens with zero attached hydrogens (tertiary/aromatic N) is 1. The molecule has 1 heterocycles. The summed E-state index contributed by atoms with van der Waals surface area (Å²) in [6, 6.07) is 7.36. The van der Waals surface area contributed by atoms with Gasteiger partial charge in [-0.3, -0.25) is 4.57 Å². The van der Waals surface area contributed by atoms with E-state index in [1.807, 2.05) is 45.0 Å². The van der Waals surface area contributed by atoms with Gasteiger partial charge < -0.3 is 4.74 Å². The average molecular weight is 241 g/mol. The maximum absolute atomic E-state index is 12.0. The average Bonchev–Trinajstić information content (AvgIpc) is 2.69. The van der Waals surface area contributed by atoms with Crippen LogP contribution in [0.2, 0.25) is 0 Å². The largest absolute Gasteiger partial charge is 0.443 e. The van der Waals surface area contributed by atoms with Crippen LogP contribution in [0, 0.1) is 12.3 Å². The summed E-state index contributed by atoms with van der Waals surface area (Å²) in [6.45, 7) is 5.52. The van der Waals surface area contributed by atoms with Crippen molar-refractivity contribution < 1.29 is 9.53 Å². The van der Waals surface area contributed by atoms with Crippen molar-refractivity contribution in [2.75, 3.05) is 0 Å². The van der Waals surface area contributed by atoms with Crippen LogP contribution in [0.5, 0.6) is 0 Å². The van der Waals surface area contributed by atoms with Crippen LogP contribution in [0.1, 0.15) is 26.3 Å². The second-order valence-corrected chi connectivity index (χ2v) is 5.08. The van der Waals surface area contributed by atoms with Crippen molar-refractivity contribution in [1.82, 2.24) is 4.57 Å². The van der Waals surface area contributed by atoms with E-state index in [1.165, 1.54) is 4.57 Å². The first-order valence-corrected chi connectivity index (χ1v) is 5.72. The third-order valence-electron chi connectivity index (χ3n) is 2.45. The van der Waals surface area contributed by atoms with Crippen molar-refractivity contribution in [2.24, 2.45) is 0 Å².